The van der Waals surface area contributed by atoms with Crippen molar-refractivity contribution in [3.8, 4) is 0 Å². The van der Waals surface area contributed by atoms with Crippen molar-refractivity contribution in [1.29, 1.82) is 0 Å². The molecule has 2 aromatic rings. The second-order valence-corrected chi connectivity index (χ2v) is 15.3. The van der Waals surface area contributed by atoms with Gasteiger partial charge in [-0.05, 0) is 55.8 Å². The Morgan fingerprint density at radius 1 is 0.645 bits per heavy atom. The number of hydrogen-bond donors (Lipinski definition) is 2. The molecule has 13 heteroatoms. The molecule has 0 atom stereocenters. The van der Waals surface area contributed by atoms with E-state index in [9.17, 15) is 29.4 Å². The van der Waals surface area contributed by atoms with Gasteiger partial charge >= 0.3 is 6.09 Å². The number of hydrogen-bond acceptors (Lipinski definition) is 8. The molecule has 0 aliphatic heterocycles. The van der Waals surface area contributed by atoms with Gasteiger partial charge in [0.15, 0.2) is 0 Å². The van der Waals surface area contributed by atoms with Crippen molar-refractivity contribution in [2.45, 2.75) is 195 Å². The van der Waals surface area contributed by atoms with Crippen molar-refractivity contribution in [3.63, 3.8) is 0 Å². The number of carbonyl (C=O) groups excluding carboxylic acids is 1. The largest absolute Gasteiger partial charge is 0.444 e. The number of halogens is 2. The van der Waals surface area contributed by atoms with Crippen LogP contribution >= 0.6 is 22.6 Å². The minimum Gasteiger partial charge on any atom is -0.444 e. The van der Waals surface area contributed by atoms with E-state index >= 15 is 0 Å². The Bertz CT molecular complexity index is 1310. The third-order valence-electron chi connectivity index (χ3n) is 10.1. The highest BCUT2D eigenvalue weighted by molar-refractivity contribution is 14.1. The molecule has 0 aliphatic rings. The summed E-state index contributed by atoms with van der Waals surface area (Å²) in [7, 11) is -1.00. The Morgan fingerprint density at radius 2 is 0.968 bits per heavy atom. The fourth-order valence-corrected chi connectivity index (χ4v) is 6.51. The molecule has 0 bridgehead atoms. The predicted molar refractivity (Wildman–Crippen MR) is 267 cm³/mol. The van der Waals surface area contributed by atoms with Gasteiger partial charge in [0.25, 0.3) is 11.4 Å². The summed E-state index contributed by atoms with van der Waals surface area (Å²) >= 11 is 1.96. The van der Waals surface area contributed by atoms with Gasteiger partial charge in [0.1, 0.15) is 6.61 Å². The SMILES string of the molecule is CCCCCCCCN(CCCCCCCC)C(=O)OCc1ccccc1[N+](=O)[O-].CCCCCCCCNCCCCCCCC.O=[N+]([O-])c1ccccc1CO.[2H]CF.[2H]CI. The first-order valence-corrected chi connectivity index (χ1v) is 25.0. The number of aliphatic hydroxyl groups is 1. The first kappa shape index (κ1) is 59.1. The Balaban J connectivity index is -0.000000912. The van der Waals surface area contributed by atoms with E-state index in [4.69, 9.17) is 12.6 Å². The molecule has 62 heavy (non-hydrogen) atoms. The van der Waals surface area contributed by atoms with E-state index in [0.29, 0.717) is 29.1 Å². The highest BCUT2D eigenvalue weighted by Gasteiger charge is 2.18. The van der Waals surface area contributed by atoms with E-state index < -0.39 is 17.0 Å². The average molecular weight is 993 g/mol. The van der Waals surface area contributed by atoms with Gasteiger partial charge in [-0.25, -0.2) is 4.79 Å². The lowest BCUT2D eigenvalue weighted by Gasteiger charge is -2.22. The number of rotatable bonds is 33. The first-order chi connectivity index (χ1) is 31.1. The number of carbonyl (C=O) groups is 1. The molecular formula is C49H88FIN4O7. The number of ether oxygens (including phenoxy) is 1. The van der Waals surface area contributed by atoms with Gasteiger partial charge in [-0.3, -0.25) is 24.6 Å². The molecule has 0 aliphatic carbocycles. The van der Waals surface area contributed by atoms with E-state index in [-0.39, 0.29) is 30.7 Å². The highest BCUT2D eigenvalue weighted by Crippen LogP contribution is 2.20. The van der Waals surface area contributed by atoms with Crippen molar-refractivity contribution < 1.29 is 31.6 Å². The monoisotopic (exact) mass is 993 g/mol. The molecule has 11 nitrogen and oxygen atoms in total. The molecule has 0 aromatic heterocycles. The fraction of sp³-hybridized carbons (Fsp3) is 0.735. The van der Waals surface area contributed by atoms with Gasteiger partial charge < -0.3 is 20.1 Å². The van der Waals surface area contributed by atoms with Crippen LogP contribution in [0.15, 0.2) is 48.5 Å². The van der Waals surface area contributed by atoms with Crippen LogP contribution in [-0.4, -0.2) is 64.2 Å². The maximum Gasteiger partial charge on any atom is 0.410 e. The van der Waals surface area contributed by atoms with Gasteiger partial charge in [-0.15, -0.1) is 0 Å². The molecule has 0 fully saturated rings. The molecule has 2 rings (SSSR count). The summed E-state index contributed by atoms with van der Waals surface area (Å²) in [6, 6.07) is 12.5. The molecule has 360 valence electrons. The van der Waals surface area contributed by atoms with Gasteiger partial charge in [0, 0.05) is 26.6 Å². The number of para-hydroxylation sites is 2. The van der Waals surface area contributed by atoms with Crippen LogP contribution in [0.25, 0.3) is 0 Å². The number of nitro benzene ring substituents is 2. The van der Waals surface area contributed by atoms with Crippen molar-refractivity contribution in [3.05, 3.63) is 79.9 Å². The molecule has 0 unspecified atom stereocenters. The maximum atomic E-state index is 12.7. The van der Waals surface area contributed by atoms with E-state index in [1.807, 2.05) is 22.6 Å². The molecule has 0 saturated carbocycles. The average Bonchev–Trinajstić information content (AvgIpc) is 3.29. The maximum absolute atomic E-state index is 12.7. The zero-order valence-corrected chi connectivity index (χ0v) is 41.4. The zero-order valence-electron chi connectivity index (χ0n) is 41.2. The molecule has 1 amide bonds. The summed E-state index contributed by atoms with van der Waals surface area (Å²) in [5, 5.41) is 33.7. The van der Waals surface area contributed by atoms with Gasteiger partial charge in [-0.2, -0.15) is 0 Å². The lowest BCUT2D eigenvalue weighted by molar-refractivity contribution is -0.386. The molecule has 0 saturated heterocycles. The molecule has 2 N–H and O–H groups in total. The normalized spacial score (nSPS) is 10.5. The second-order valence-electron chi connectivity index (χ2n) is 15.3. The molecule has 0 spiro atoms. The summed E-state index contributed by atoms with van der Waals surface area (Å²) in [5.41, 5.74) is 0.728. The quantitative estimate of drug-likeness (QED) is 0.0236. The van der Waals surface area contributed by atoms with E-state index in [2.05, 4.69) is 33.0 Å². The van der Waals surface area contributed by atoms with E-state index in [1.54, 1.807) is 35.2 Å². The number of nitrogens with zero attached hydrogens (tertiary/aromatic N) is 3. The second kappa shape index (κ2) is 50.7. The number of aliphatic hydroxyl groups excluding tert-OH is 1. The first-order valence-electron chi connectivity index (χ1n) is 24.9. The zero-order chi connectivity index (χ0) is 48.3. The van der Waals surface area contributed by atoms with Crippen molar-refractivity contribution in [2.24, 2.45) is 0 Å². The van der Waals surface area contributed by atoms with Crippen LogP contribution in [0.5, 0.6) is 0 Å². The van der Waals surface area contributed by atoms with Gasteiger partial charge in [-0.1, -0.05) is 203 Å². The Kier molecular flexibility index (Phi) is 48.4. The molecular weight excluding hydrogens is 902 g/mol. The number of unbranched alkanes of at least 4 members (excludes halogenated alkanes) is 20. The minimum atomic E-state index is -1.00. The lowest BCUT2D eigenvalue weighted by atomic mass is 10.1. The summed E-state index contributed by atoms with van der Waals surface area (Å²) < 4.78 is 27.1. The fourth-order valence-electron chi connectivity index (χ4n) is 6.51. The van der Waals surface area contributed by atoms with Crippen LogP contribution in [0.4, 0.5) is 20.6 Å². The van der Waals surface area contributed by atoms with Crippen molar-refractivity contribution >= 4 is 40.1 Å². The van der Waals surface area contributed by atoms with Crippen LogP contribution in [0.2, 0.25) is 0 Å². The van der Waals surface area contributed by atoms with Crippen LogP contribution in [-0.2, 0) is 18.0 Å². The van der Waals surface area contributed by atoms with Crippen molar-refractivity contribution in [2.75, 3.05) is 38.2 Å². The van der Waals surface area contributed by atoms with Crippen LogP contribution in [0.3, 0.4) is 0 Å². The predicted octanol–water partition coefficient (Wildman–Crippen LogP) is 15.3. The third-order valence-corrected chi connectivity index (χ3v) is 10.1. The lowest BCUT2D eigenvalue weighted by Crippen LogP contribution is -2.33. The summed E-state index contributed by atoms with van der Waals surface area (Å²) in [5.74, 6) is 0. The van der Waals surface area contributed by atoms with Crippen LogP contribution < -0.4 is 5.32 Å². The molecule has 0 radical (unpaired) electrons. The Morgan fingerprint density at radius 3 is 1.32 bits per heavy atom. The van der Waals surface area contributed by atoms with E-state index in [1.165, 1.54) is 160 Å². The van der Waals surface area contributed by atoms with Crippen LogP contribution in [0, 0.1) is 20.2 Å². The number of nitrogens with one attached hydrogen (secondary N) is 1. The van der Waals surface area contributed by atoms with Gasteiger partial charge in [0.2, 0.25) is 0 Å². The van der Waals surface area contributed by atoms with Gasteiger partial charge in [0.05, 0.1) is 36.1 Å². The van der Waals surface area contributed by atoms with E-state index in [0.717, 1.165) is 25.7 Å². The third kappa shape index (κ3) is 38.7. The minimum absolute atomic E-state index is 0.0105. The molecule has 2 aromatic carbocycles. The van der Waals surface area contributed by atoms with Crippen molar-refractivity contribution in [1.82, 2.24) is 10.2 Å². The molecule has 0 heterocycles. The summed E-state index contributed by atoms with van der Waals surface area (Å²) in [6.07, 6.45) is 30.6. The van der Waals surface area contributed by atoms with Crippen LogP contribution in [0.1, 0.15) is 196 Å². The number of benzene rings is 2. The Hall–Kier alpha value is -2.91. The topological polar surface area (TPSA) is 148 Å². The summed E-state index contributed by atoms with van der Waals surface area (Å²) in [6.45, 7) is 12.5. The Labute approximate surface area is 393 Å². The highest BCUT2D eigenvalue weighted by atomic mass is 127. The standard InChI is InChI=1S/C24H40N2O4.C16H35N.C7H7NO3.CH3F.CH3I/c1-3-5-7-9-11-15-19-25(20-16-12-10-8-6-4-2)24(27)30-21-22-17-13-14-18-23(22)26(28)29;1-3-5-7-9-11-13-15-17-16-14-12-10-8-6-4-2;9-5-6-3-1-2-4-7(6)8(10)11;2*1-2/h13-14,17-18H,3-12,15-16,19-21H2,1-2H3;17H,3-16H2,1-2H3;1-4,9H,5H2;2*1H3/i;;;2*1D. The summed E-state index contributed by atoms with van der Waals surface area (Å²) in [4.78, 5) is 35.4. The number of amides is 1. The number of nitro groups is 2. The smallest absolute Gasteiger partial charge is 0.410 e. The number of alkyl halides is 2.